The molecule has 0 radical (unpaired) electrons. The first-order chi connectivity index (χ1) is 17.1. The van der Waals surface area contributed by atoms with Crippen LogP contribution in [0.2, 0.25) is 0 Å². The lowest BCUT2D eigenvalue weighted by atomic mass is 10.1. The Balaban J connectivity index is 1.39. The zero-order valence-electron chi connectivity index (χ0n) is 19.3. The average molecular weight is 473 g/mol. The normalized spacial score (nSPS) is 22.0. The molecule has 2 aliphatic rings. The van der Waals surface area contributed by atoms with Crippen LogP contribution in [-0.2, 0) is 4.74 Å². The smallest absolute Gasteiger partial charge is 0.163 e. The van der Waals surface area contributed by atoms with Crippen molar-refractivity contribution >= 4 is 16.7 Å². The minimum Gasteiger partial charge on any atom is -0.378 e. The second-order valence-electron chi connectivity index (χ2n) is 9.02. The predicted molar refractivity (Wildman–Crippen MR) is 129 cm³/mol. The van der Waals surface area contributed by atoms with Gasteiger partial charge >= 0.3 is 0 Å². The number of anilines is 1. The summed E-state index contributed by atoms with van der Waals surface area (Å²) in [5, 5.41) is 20.1. The second-order valence-corrected chi connectivity index (χ2v) is 9.02. The van der Waals surface area contributed by atoms with E-state index in [-0.39, 0.29) is 12.1 Å². The number of fused-ring (bicyclic) bond motifs is 1. The monoisotopic (exact) mass is 472 g/mol. The number of nitriles is 1. The second kappa shape index (κ2) is 8.76. The maximum atomic E-state index is 14.0. The van der Waals surface area contributed by atoms with Crippen LogP contribution in [0.4, 0.5) is 10.1 Å². The Hall–Kier alpha value is -3.81. The topological polar surface area (TPSA) is 106 Å². The van der Waals surface area contributed by atoms with Gasteiger partial charge in [0.2, 0.25) is 0 Å². The molecule has 9 nitrogen and oxygen atoms in total. The van der Waals surface area contributed by atoms with Crippen molar-refractivity contribution in [2.45, 2.75) is 38.1 Å². The average Bonchev–Trinajstić information content (AvgIpc) is 3.67. The van der Waals surface area contributed by atoms with Crippen molar-refractivity contribution in [3.8, 4) is 17.7 Å². The van der Waals surface area contributed by atoms with Gasteiger partial charge in [-0.05, 0) is 56.2 Å². The summed E-state index contributed by atoms with van der Waals surface area (Å²) in [5.41, 5.74) is 4.61. The summed E-state index contributed by atoms with van der Waals surface area (Å²) in [6.45, 7) is 3.59. The highest BCUT2D eigenvalue weighted by atomic mass is 19.1. The molecule has 2 saturated heterocycles. The van der Waals surface area contributed by atoms with Crippen molar-refractivity contribution in [2.75, 3.05) is 25.0 Å². The van der Waals surface area contributed by atoms with Gasteiger partial charge in [0.05, 0.1) is 23.2 Å². The highest BCUT2D eigenvalue weighted by Gasteiger charge is 2.27. The Morgan fingerprint density at radius 3 is 2.89 bits per heavy atom. The number of hydrogen-bond donors (Lipinski definition) is 2. The minimum absolute atomic E-state index is 0.0572. The molecule has 0 spiro atoms. The fraction of sp³-hybridized carbons (Fsp3) is 0.360. The van der Waals surface area contributed by atoms with Crippen LogP contribution in [-0.4, -0.2) is 56.2 Å². The quantitative estimate of drug-likeness (QED) is 0.459. The molecule has 6 rings (SSSR count). The van der Waals surface area contributed by atoms with E-state index in [4.69, 9.17) is 9.72 Å². The molecule has 1 aromatic carbocycles. The summed E-state index contributed by atoms with van der Waals surface area (Å²) in [6, 6.07) is 13.4. The maximum absolute atomic E-state index is 14.0. The number of hydrogen-bond acceptors (Lipinski definition) is 7. The number of rotatable bonds is 5. The van der Waals surface area contributed by atoms with E-state index in [1.165, 1.54) is 0 Å². The van der Waals surface area contributed by atoms with E-state index in [2.05, 4.69) is 26.8 Å². The highest BCUT2D eigenvalue weighted by Crippen LogP contribution is 2.33. The third-order valence-electron chi connectivity index (χ3n) is 6.66. The summed E-state index contributed by atoms with van der Waals surface area (Å²) in [4.78, 5) is 9.53. The number of halogens is 1. The van der Waals surface area contributed by atoms with Gasteiger partial charge in [0.25, 0.3) is 0 Å². The van der Waals surface area contributed by atoms with Gasteiger partial charge in [-0.2, -0.15) is 10.4 Å². The van der Waals surface area contributed by atoms with Crippen molar-refractivity contribution in [2.24, 2.45) is 0 Å². The Bertz CT molecular complexity index is 1430. The van der Waals surface area contributed by atoms with Gasteiger partial charge in [-0.1, -0.05) is 0 Å². The van der Waals surface area contributed by atoms with Crippen molar-refractivity contribution in [3.63, 3.8) is 0 Å². The number of imidazole rings is 1. The molecule has 5 heterocycles. The third-order valence-corrected chi connectivity index (χ3v) is 6.66. The van der Waals surface area contributed by atoms with Crippen LogP contribution in [0.15, 0.2) is 42.7 Å². The van der Waals surface area contributed by atoms with Gasteiger partial charge in [0.15, 0.2) is 11.5 Å². The summed E-state index contributed by atoms with van der Waals surface area (Å²) >= 11 is 0. The first kappa shape index (κ1) is 21.7. The van der Waals surface area contributed by atoms with E-state index < -0.39 is 6.17 Å². The van der Waals surface area contributed by atoms with E-state index >= 15 is 0 Å². The molecule has 10 heteroatoms. The van der Waals surface area contributed by atoms with E-state index in [0.29, 0.717) is 30.4 Å². The first-order valence-corrected chi connectivity index (χ1v) is 11.8. The molecule has 0 amide bonds. The van der Waals surface area contributed by atoms with Crippen LogP contribution in [0.25, 0.3) is 22.7 Å². The van der Waals surface area contributed by atoms with Gasteiger partial charge in [0, 0.05) is 36.6 Å². The van der Waals surface area contributed by atoms with E-state index in [0.717, 1.165) is 47.4 Å². The molecule has 2 aliphatic heterocycles. The minimum atomic E-state index is -0.916. The SMILES string of the molecule is Cc1cc(C#N)nn1-c1nc(-n2cnc3cc(NC4CNC[C@@H]4F)ccc32)ccc1C1CCCO1. The molecule has 178 valence electrons. The largest absolute Gasteiger partial charge is 0.378 e. The molecule has 2 N–H and O–H groups in total. The number of benzene rings is 1. The molecule has 3 aromatic heterocycles. The molecular weight excluding hydrogens is 447 g/mol. The first-order valence-electron chi connectivity index (χ1n) is 11.8. The molecule has 2 fully saturated rings. The summed E-state index contributed by atoms with van der Waals surface area (Å²) in [6.07, 6.45) is 2.67. The number of pyridine rings is 1. The van der Waals surface area contributed by atoms with Crippen LogP contribution < -0.4 is 10.6 Å². The van der Waals surface area contributed by atoms with Gasteiger partial charge < -0.3 is 15.4 Å². The van der Waals surface area contributed by atoms with Crippen LogP contribution in [0.3, 0.4) is 0 Å². The fourth-order valence-corrected chi connectivity index (χ4v) is 4.86. The molecule has 0 aliphatic carbocycles. The Kier molecular flexibility index (Phi) is 5.43. The molecule has 3 atom stereocenters. The number of nitrogens with zero attached hydrogens (tertiary/aromatic N) is 6. The van der Waals surface area contributed by atoms with Crippen LogP contribution in [0.1, 0.15) is 35.9 Å². The zero-order valence-corrected chi connectivity index (χ0v) is 19.3. The maximum Gasteiger partial charge on any atom is 0.163 e. The number of alkyl halides is 1. The molecular formula is C25H25FN8O. The van der Waals surface area contributed by atoms with Crippen molar-refractivity contribution in [3.05, 3.63) is 59.7 Å². The van der Waals surface area contributed by atoms with Gasteiger partial charge in [-0.3, -0.25) is 4.57 Å². The fourth-order valence-electron chi connectivity index (χ4n) is 4.86. The molecule has 0 bridgehead atoms. The number of aryl methyl sites for hydroxylation is 1. The molecule has 2 unspecified atom stereocenters. The Labute approximate surface area is 201 Å². The van der Waals surface area contributed by atoms with Gasteiger partial charge in [0.1, 0.15) is 24.4 Å². The van der Waals surface area contributed by atoms with Crippen molar-refractivity contribution < 1.29 is 9.13 Å². The lowest BCUT2D eigenvalue weighted by Gasteiger charge is -2.17. The van der Waals surface area contributed by atoms with Gasteiger partial charge in [-0.15, -0.1) is 0 Å². The van der Waals surface area contributed by atoms with Gasteiger partial charge in [-0.25, -0.2) is 19.0 Å². The molecule has 0 saturated carbocycles. The molecule has 4 aromatic rings. The third kappa shape index (κ3) is 3.92. The summed E-state index contributed by atoms with van der Waals surface area (Å²) in [5.74, 6) is 1.33. The number of aromatic nitrogens is 5. The summed E-state index contributed by atoms with van der Waals surface area (Å²) < 4.78 is 23.6. The highest BCUT2D eigenvalue weighted by molar-refractivity contribution is 5.81. The van der Waals surface area contributed by atoms with E-state index in [9.17, 15) is 9.65 Å². The van der Waals surface area contributed by atoms with Crippen LogP contribution in [0.5, 0.6) is 0 Å². The van der Waals surface area contributed by atoms with E-state index in [1.54, 1.807) is 17.1 Å². The number of ether oxygens (including phenoxy) is 1. The lowest BCUT2D eigenvalue weighted by Crippen LogP contribution is -2.29. The summed E-state index contributed by atoms with van der Waals surface area (Å²) in [7, 11) is 0. The molecule has 35 heavy (non-hydrogen) atoms. The van der Waals surface area contributed by atoms with Crippen LogP contribution >= 0.6 is 0 Å². The van der Waals surface area contributed by atoms with Crippen LogP contribution in [0, 0.1) is 18.3 Å². The van der Waals surface area contributed by atoms with E-state index in [1.807, 2.05) is 41.8 Å². The Morgan fingerprint density at radius 1 is 1.23 bits per heavy atom. The zero-order chi connectivity index (χ0) is 23.9. The van der Waals surface area contributed by atoms with Crippen molar-refractivity contribution in [1.29, 1.82) is 5.26 Å². The van der Waals surface area contributed by atoms with Crippen molar-refractivity contribution in [1.82, 2.24) is 29.6 Å². The Morgan fingerprint density at radius 2 is 2.14 bits per heavy atom. The standard InChI is InChI=1S/C25H25FN8O/c1-15-9-17(11-27)32-34(15)25-18(23-3-2-8-35-23)5-7-24(31-25)33-14-29-20-10-16(4-6-22(20)33)30-21-13-28-12-19(21)26/h4-7,9-10,14,19,21,23,28,30H,2-3,8,12-13H2,1H3/t19-,21?,23?/m0/s1. The predicted octanol–water partition coefficient (Wildman–Crippen LogP) is 3.36. The lowest BCUT2D eigenvalue weighted by molar-refractivity contribution is 0.111. The number of nitrogens with one attached hydrogen (secondary N) is 2.